The van der Waals surface area contributed by atoms with Crippen LogP contribution in [0.2, 0.25) is 0 Å². The molecule has 0 aromatic carbocycles. The van der Waals surface area contributed by atoms with E-state index in [4.69, 9.17) is 10.3 Å². The van der Waals surface area contributed by atoms with Crippen molar-refractivity contribution in [2.24, 2.45) is 10.1 Å². The first-order valence-corrected chi connectivity index (χ1v) is 6.03. The third-order valence-corrected chi connectivity index (χ3v) is 2.84. The Bertz CT molecular complexity index is 425. The van der Waals surface area contributed by atoms with E-state index >= 15 is 0 Å². The Morgan fingerprint density at radius 1 is 1.61 bits per heavy atom. The number of hydrogen-bond acceptors (Lipinski definition) is 4. The first-order valence-electron chi connectivity index (χ1n) is 6.03. The van der Waals surface area contributed by atoms with Crippen LogP contribution in [0.4, 0.5) is 4.79 Å². The van der Waals surface area contributed by atoms with Gasteiger partial charge in [-0.1, -0.05) is 5.11 Å². The second-order valence-electron chi connectivity index (χ2n) is 4.16. The van der Waals surface area contributed by atoms with Crippen molar-refractivity contribution < 1.29 is 9.53 Å². The van der Waals surface area contributed by atoms with Crippen LogP contribution in [0, 0.1) is 0 Å². The summed E-state index contributed by atoms with van der Waals surface area (Å²) in [7, 11) is 0. The highest BCUT2D eigenvalue weighted by atomic mass is 16.6. The summed E-state index contributed by atoms with van der Waals surface area (Å²) in [5, 5.41) is 3.45. The SMILES string of the molecule is [N-]=[N+]=NCCC[C@@H]1CN(C2=CCCC=N2)C(=O)O1. The molecule has 0 bridgehead atoms. The molecule has 1 fully saturated rings. The number of cyclic esters (lactones) is 1. The second kappa shape index (κ2) is 6.07. The van der Waals surface area contributed by atoms with E-state index in [1.807, 2.05) is 12.3 Å². The number of allylic oxidation sites excluding steroid dienone is 1. The van der Waals surface area contributed by atoms with Gasteiger partial charge in [0.15, 0.2) is 0 Å². The number of nitrogens with zero attached hydrogens (tertiary/aromatic N) is 5. The van der Waals surface area contributed by atoms with Crippen LogP contribution in [0.1, 0.15) is 25.7 Å². The van der Waals surface area contributed by atoms with Gasteiger partial charge in [-0.3, -0.25) is 4.90 Å². The molecule has 0 aromatic heterocycles. The van der Waals surface area contributed by atoms with E-state index in [9.17, 15) is 4.79 Å². The third-order valence-electron chi connectivity index (χ3n) is 2.84. The van der Waals surface area contributed by atoms with Gasteiger partial charge in [0.2, 0.25) is 0 Å². The first kappa shape index (κ1) is 12.4. The van der Waals surface area contributed by atoms with E-state index in [1.54, 1.807) is 4.90 Å². The van der Waals surface area contributed by atoms with Crippen LogP contribution in [0.5, 0.6) is 0 Å². The lowest BCUT2D eigenvalue weighted by molar-refractivity contribution is 0.130. The van der Waals surface area contributed by atoms with Gasteiger partial charge in [0.1, 0.15) is 11.9 Å². The fraction of sp³-hybridized carbons (Fsp3) is 0.636. The molecule has 96 valence electrons. The van der Waals surface area contributed by atoms with Crippen molar-refractivity contribution in [3.05, 3.63) is 22.3 Å². The van der Waals surface area contributed by atoms with Crippen molar-refractivity contribution in [2.75, 3.05) is 13.1 Å². The molecule has 0 N–H and O–H groups in total. The van der Waals surface area contributed by atoms with Crippen LogP contribution < -0.4 is 0 Å². The van der Waals surface area contributed by atoms with E-state index in [-0.39, 0.29) is 12.2 Å². The standard InChI is InChI=1S/C11H15N5O2/c12-15-14-7-3-4-9-8-16(11(17)18-9)10-5-1-2-6-13-10/h5-6,9H,1-4,7-8H2/t9-/m1/s1. The van der Waals surface area contributed by atoms with E-state index in [2.05, 4.69) is 15.0 Å². The summed E-state index contributed by atoms with van der Waals surface area (Å²) in [5.74, 6) is 0.684. The maximum Gasteiger partial charge on any atom is 0.415 e. The Kier molecular flexibility index (Phi) is 4.20. The molecule has 0 spiro atoms. The second-order valence-corrected chi connectivity index (χ2v) is 4.16. The summed E-state index contributed by atoms with van der Waals surface area (Å²) in [5.41, 5.74) is 8.15. The lowest BCUT2D eigenvalue weighted by atomic mass is 10.2. The van der Waals surface area contributed by atoms with Crippen LogP contribution >= 0.6 is 0 Å². The lowest BCUT2D eigenvalue weighted by Crippen LogP contribution is -2.24. The molecule has 0 aromatic rings. The Balaban J connectivity index is 1.84. The number of amides is 1. The maximum absolute atomic E-state index is 11.7. The van der Waals surface area contributed by atoms with Crippen molar-refractivity contribution >= 4 is 12.3 Å². The van der Waals surface area contributed by atoms with Crippen molar-refractivity contribution in [2.45, 2.75) is 31.8 Å². The Morgan fingerprint density at radius 3 is 3.22 bits per heavy atom. The van der Waals surface area contributed by atoms with E-state index in [0.29, 0.717) is 25.3 Å². The highest BCUT2D eigenvalue weighted by Crippen LogP contribution is 2.22. The zero-order valence-electron chi connectivity index (χ0n) is 10.0. The van der Waals surface area contributed by atoms with Gasteiger partial charge in [-0.2, -0.15) is 0 Å². The fourth-order valence-electron chi connectivity index (χ4n) is 1.97. The van der Waals surface area contributed by atoms with Gasteiger partial charge in [-0.15, -0.1) is 0 Å². The molecule has 0 unspecified atom stereocenters. The van der Waals surface area contributed by atoms with Crippen molar-refractivity contribution in [3.63, 3.8) is 0 Å². The Morgan fingerprint density at radius 2 is 2.50 bits per heavy atom. The highest BCUT2D eigenvalue weighted by Gasteiger charge is 2.33. The smallest absolute Gasteiger partial charge is 0.415 e. The molecule has 18 heavy (non-hydrogen) atoms. The quantitative estimate of drug-likeness (QED) is 0.324. The minimum absolute atomic E-state index is 0.135. The zero-order valence-corrected chi connectivity index (χ0v) is 10.0. The summed E-state index contributed by atoms with van der Waals surface area (Å²) < 4.78 is 5.24. The Hall–Kier alpha value is -2.01. The number of azide groups is 1. The van der Waals surface area contributed by atoms with E-state index < -0.39 is 0 Å². The lowest BCUT2D eigenvalue weighted by Gasteiger charge is -2.15. The van der Waals surface area contributed by atoms with Crippen molar-refractivity contribution in [1.29, 1.82) is 0 Å². The van der Waals surface area contributed by atoms with Gasteiger partial charge < -0.3 is 4.74 Å². The average Bonchev–Trinajstić information content (AvgIpc) is 2.77. The Labute approximate surface area is 105 Å². The molecular weight excluding hydrogens is 234 g/mol. The molecule has 2 aliphatic rings. The highest BCUT2D eigenvalue weighted by molar-refractivity contribution is 5.73. The van der Waals surface area contributed by atoms with Gasteiger partial charge in [0.05, 0.1) is 6.54 Å². The van der Waals surface area contributed by atoms with Crippen molar-refractivity contribution in [1.82, 2.24) is 4.90 Å². The van der Waals surface area contributed by atoms with Crippen molar-refractivity contribution in [3.8, 4) is 0 Å². The molecule has 0 saturated carbocycles. The minimum Gasteiger partial charge on any atom is -0.444 e. The third kappa shape index (κ3) is 3.01. The topological polar surface area (TPSA) is 90.7 Å². The van der Waals surface area contributed by atoms with Crippen LogP contribution in [0.3, 0.4) is 0 Å². The molecular formula is C11H15N5O2. The normalized spacial score (nSPS) is 22.4. The van der Waals surface area contributed by atoms with E-state index in [0.717, 1.165) is 19.3 Å². The molecule has 0 radical (unpaired) electrons. The molecule has 1 saturated heterocycles. The molecule has 2 rings (SSSR count). The number of ether oxygens (including phenoxy) is 1. The predicted molar refractivity (Wildman–Crippen MR) is 66.0 cm³/mol. The zero-order chi connectivity index (χ0) is 12.8. The predicted octanol–water partition coefficient (Wildman–Crippen LogP) is 2.60. The number of rotatable bonds is 5. The number of carbonyl (C=O) groups excluding carboxylic acids is 1. The summed E-state index contributed by atoms with van der Waals surface area (Å²) in [6.07, 6.45) is 6.54. The summed E-state index contributed by atoms with van der Waals surface area (Å²) in [6, 6.07) is 0. The molecule has 1 amide bonds. The largest absolute Gasteiger partial charge is 0.444 e. The molecule has 1 atom stereocenters. The number of aliphatic imine (C=N–C) groups is 1. The summed E-state index contributed by atoms with van der Waals surface area (Å²) in [4.78, 5) is 20.1. The number of carbonyl (C=O) groups is 1. The molecule has 7 heteroatoms. The monoisotopic (exact) mass is 249 g/mol. The van der Waals surface area contributed by atoms with Gasteiger partial charge in [-0.05, 0) is 37.3 Å². The van der Waals surface area contributed by atoms with Crippen LogP contribution in [0.15, 0.2) is 22.0 Å². The van der Waals surface area contributed by atoms with Gasteiger partial charge >= 0.3 is 6.09 Å². The summed E-state index contributed by atoms with van der Waals surface area (Å²) in [6.45, 7) is 0.962. The fourth-order valence-corrected chi connectivity index (χ4v) is 1.97. The number of hydrogen-bond donors (Lipinski definition) is 0. The molecule has 2 heterocycles. The van der Waals surface area contributed by atoms with Crippen LogP contribution in [0.25, 0.3) is 10.4 Å². The van der Waals surface area contributed by atoms with Gasteiger partial charge in [-0.25, -0.2) is 9.79 Å². The molecule has 2 aliphatic heterocycles. The van der Waals surface area contributed by atoms with Crippen LogP contribution in [-0.4, -0.2) is 36.4 Å². The molecule has 7 nitrogen and oxygen atoms in total. The van der Waals surface area contributed by atoms with E-state index in [1.165, 1.54) is 0 Å². The maximum atomic E-state index is 11.7. The minimum atomic E-state index is -0.339. The first-order chi connectivity index (χ1) is 8.81. The average molecular weight is 249 g/mol. The van der Waals surface area contributed by atoms with Gasteiger partial charge in [0.25, 0.3) is 0 Å². The van der Waals surface area contributed by atoms with Crippen LogP contribution in [-0.2, 0) is 4.74 Å². The van der Waals surface area contributed by atoms with Gasteiger partial charge in [0, 0.05) is 17.7 Å². The molecule has 0 aliphatic carbocycles. The summed E-state index contributed by atoms with van der Waals surface area (Å²) >= 11 is 0.